The number of hydrogen-bond donors (Lipinski definition) is 0. The molecule has 1 aliphatic rings. The number of rotatable bonds is 3. The zero-order chi connectivity index (χ0) is 15.0. The van der Waals surface area contributed by atoms with E-state index in [1.807, 2.05) is 0 Å². The molecule has 0 amide bonds. The van der Waals surface area contributed by atoms with E-state index in [0.717, 1.165) is 29.7 Å². The first-order valence-electron chi connectivity index (χ1n) is 6.51. The lowest BCUT2D eigenvalue weighted by Gasteiger charge is -2.23. The highest BCUT2D eigenvalue weighted by Crippen LogP contribution is 2.38. The van der Waals surface area contributed by atoms with E-state index in [1.165, 1.54) is 22.5 Å². The molecule has 1 atom stereocenters. The molecule has 21 heavy (non-hydrogen) atoms. The standard InChI is InChI=1S/C14H13ClFNO2S2/c15-13-7-8-14(20-13)21(18,19)17-9-1-2-12(17)10-3-5-11(16)6-4-10/h3-8,12H,1-2,9H2/t12-/m1/s1. The summed E-state index contributed by atoms with van der Waals surface area (Å²) in [4.78, 5) is 0. The molecule has 0 radical (unpaired) electrons. The Labute approximate surface area is 132 Å². The minimum atomic E-state index is -3.55. The Balaban J connectivity index is 1.95. The summed E-state index contributed by atoms with van der Waals surface area (Å²) in [7, 11) is -3.55. The predicted molar refractivity (Wildman–Crippen MR) is 81.6 cm³/mol. The lowest BCUT2D eigenvalue weighted by Crippen LogP contribution is -2.30. The highest BCUT2D eigenvalue weighted by molar-refractivity contribution is 7.91. The topological polar surface area (TPSA) is 37.4 Å². The van der Waals surface area contributed by atoms with Crippen LogP contribution in [0.15, 0.2) is 40.6 Å². The zero-order valence-corrected chi connectivity index (χ0v) is 13.4. The van der Waals surface area contributed by atoms with Crippen LogP contribution in [0.5, 0.6) is 0 Å². The Kier molecular flexibility index (Phi) is 4.05. The summed E-state index contributed by atoms with van der Waals surface area (Å²) in [5.41, 5.74) is 0.820. The molecule has 1 aromatic heterocycles. The van der Waals surface area contributed by atoms with Crippen LogP contribution in [0.2, 0.25) is 4.34 Å². The van der Waals surface area contributed by atoms with E-state index >= 15 is 0 Å². The molecule has 0 spiro atoms. The van der Waals surface area contributed by atoms with E-state index in [2.05, 4.69) is 0 Å². The van der Waals surface area contributed by atoms with Gasteiger partial charge in [-0.1, -0.05) is 23.7 Å². The summed E-state index contributed by atoms with van der Waals surface area (Å²) in [6.45, 7) is 0.472. The Bertz CT molecular complexity index is 743. The SMILES string of the molecule is O=S(=O)(c1ccc(Cl)s1)N1CCC[C@@H]1c1ccc(F)cc1. The molecule has 112 valence electrons. The lowest BCUT2D eigenvalue weighted by atomic mass is 10.1. The summed E-state index contributed by atoms with van der Waals surface area (Å²) in [6.07, 6.45) is 1.53. The zero-order valence-electron chi connectivity index (χ0n) is 11.0. The van der Waals surface area contributed by atoms with Crippen molar-refractivity contribution in [2.75, 3.05) is 6.54 Å². The van der Waals surface area contributed by atoms with E-state index in [-0.39, 0.29) is 16.1 Å². The maximum atomic E-state index is 13.0. The molecule has 0 aliphatic carbocycles. The van der Waals surface area contributed by atoms with Gasteiger partial charge in [-0.15, -0.1) is 11.3 Å². The molecule has 3 rings (SSSR count). The number of hydrogen-bond acceptors (Lipinski definition) is 3. The fourth-order valence-electron chi connectivity index (χ4n) is 2.60. The van der Waals surface area contributed by atoms with Gasteiger partial charge in [0.15, 0.2) is 0 Å². The third-order valence-electron chi connectivity index (χ3n) is 3.57. The Morgan fingerprint density at radius 3 is 2.52 bits per heavy atom. The van der Waals surface area contributed by atoms with Gasteiger partial charge in [0.2, 0.25) is 0 Å². The molecule has 1 aliphatic heterocycles. The second-order valence-electron chi connectivity index (χ2n) is 4.88. The summed E-state index contributed by atoms with van der Waals surface area (Å²) < 4.78 is 40.6. The van der Waals surface area contributed by atoms with Gasteiger partial charge in [0.05, 0.1) is 10.4 Å². The maximum absolute atomic E-state index is 13.0. The molecule has 2 heterocycles. The monoisotopic (exact) mass is 345 g/mol. The van der Waals surface area contributed by atoms with Gasteiger partial charge in [-0.3, -0.25) is 0 Å². The lowest BCUT2D eigenvalue weighted by molar-refractivity contribution is 0.397. The predicted octanol–water partition coefficient (Wildman–Crippen LogP) is 4.07. The fraction of sp³-hybridized carbons (Fsp3) is 0.286. The summed E-state index contributed by atoms with van der Waals surface area (Å²) in [5.74, 6) is -0.323. The quantitative estimate of drug-likeness (QED) is 0.841. The van der Waals surface area contributed by atoms with Gasteiger partial charge < -0.3 is 0 Å². The minimum Gasteiger partial charge on any atom is -0.207 e. The van der Waals surface area contributed by atoms with Crippen LogP contribution in [0, 0.1) is 5.82 Å². The molecule has 0 unspecified atom stereocenters. The number of thiophene rings is 1. The number of halogens is 2. The van der Waals surface area contributed by atoms with Crippen LogP contribution in [0.1, 0.15) is 24.4 Å². The van der Waals surface area contributed by atoms with Crippen molar-refractivity contribution >= 4 is 33.0 Å². The third-order valence-corrected chi connectivity index (χ3v) is 7.18. The molecule has 1 fully saturated rings. The molecule has 2 aromatic rings. The van der Waals surface area contributed by atoms with Gasteiger partial charge >= 0.3 is 0 Å². The first kappa shape index (κ1) is 15.0. The molecule has 3 nitrogen and oxygen atoms in total. The van der Waals surface area contributed by atoms with E-state index in [4.69, 9.17) is 11.6 Å². The molecule has 0 N–H and O–H groups in total. The average molecular weight is 346 g/mol. The maximum Gasteiger partial charge on any atom is 0.253 e. The second kappa shape index (κ2) is 5.68. The molecular weight excluding hydrogens is 333 g/mol. The van der Waals surface area contributed by atoms with Crippen molar-refractivity contribution in [3.8, 4) is 0 Å². The Morgan fingerprint density at radius 2 is 1.90 bits per heavy atom. The van der Waals surface area contributed by atoms with Gasteiger partial charge in [-0.25, -0.2) is 12.8 Å². The second-order valence-corrected chi connectivity index (χ2v) is 8.72. The van der Waals surface area contributed by atoms with Crippen LogP contribution in [0.4, 0.5) is 4.39 Å². The Morgan fingerprint density at radius 1 is 1.19 bits per heavy atom. The normalized spacial score (nSPS) is 20.0. The van der Waals surface area contributed by atoms with Crippen molar-refractivity contribution in [3.63, 3.8) is 0 Å². The highest BCUT2D eigenvalue weighted by Gasteiger charge is 2.36. The molecule has 0 bridgehead atoms. The molecule has 1 saturated heterocycles. The minimum absolute atomic E-state index is 0.239. The van der Waals surface area contributed by atoms with Crippen molar-refractivity contribution in [2.24, 2.45) is 0 Å². The Hall–Kier alpha value is -0.950. The van der Waals surface area contributed by atoms with Gasteiger partial charge in [0.25, 0.3) is 10.0 Å². The summed E-state index contributed by atoms with van der Waals surface area (Å²) in [6, 6.07) is 8.90. The van der Waals surface area contributed by atoms with Crippen LogP contribution in [0.25, 0.3) is 0 Å². The molecule has 7 heteroatoms. The number of benzene rings is 1. The molecule has 0 saturated carbocycles. The van der Waals surface area contributed by atoms with Crippen molar-refractivity contribution in [1.82, 2.24) is 4.31 Å². The van der Waals surface area contributed by atoms with Crippen molar-refractivity contribution < 1.29 is 12.8 Å². The van der Waals surface area contributed by atoms with Gasteiger partial charge in [-0.2, -0.15) is 4.31 Å². The van der Waals surface area contributed by atoms with E-state index in [9.17, 15) is 12.8 Å². The highest BCUT2D eigenvalue weighted by atomic mass is 35.5. The van der Waals surface area contributed by atoms with Crippen LogP contribution in [0.3, 0.4) is 0 Å². The van der Waals surface area contributed by atoms with Crippen molar-refractivity contribution in [3.05, 3.63) is 52.1 Å². The first-order chi connectivity index (χ1) is 9.98. The smallest absolute Gasteiger partial charge is 0.207 e. The van der Waals surface area contributed by atoms with Crippen LogP contribution in [-0.2, 0) is 10.0 Å². The largest absolute Gasteiger partial charge is 0.253 e. The van der Waals surface area contributed by atoms with E-state index < -0.39 is 10.0 Å². The van der Waals surface area contributed by atoms with Crippen LogP contribution in [-0.4, -0.2) is 19.3 Å². The van der Waals surface area contributed by atoms with E-state index in [0.29, 0.717) is 10.9 Å². The van der Waals surface area contributed by atoms with Crippen LogP contribution < -0.4 is 0 Å². The van der Waals surface area contributed by atoms with Crippen molar-refractivity contribution in [1.29, 1.82) is 0 Å². The van der Waals surface area contributed by atoms with Gasteiger partial charge in [0, 0.05) is 6.54 Å². The fourth-order valence-corrected chi connectivity index (χ4v) is 5.89. The first-order valence-corrected chi connectivity index (χ1v) is 9.14. The average Bonchev–Trinajstić information content (AvgIpc) is 3.08. The summed E-state index contributed by atoms with van der Waals surface area (Å²) >= 11 is 6.89. The number of nitrogens with zero attached hydrogens (tertiary/aromatic N) is 1. The molecular formula is C14H13ClFNO2S2. The van der Waals surface area contributed by atoms with E-state index in [1.54, 1.807) is 18.2 Å². The van der Waals surface area contributed by atoms with Crippen LogP contribution >= 0.6 is 22.9 Å². The molecule has 1 aromatic carbocycles. The summed E-state index contributed by atoms with van der Waals surface area (Å²) in [5, 5.41) is 0. The van der Waals surface area contributed by atoms with Crippen molar-refractivity contribution in [2.45, 2.75) is 23.1 Å². The van der Waals surface area contributed by atoms with Gasteiger partial charge in [-0.05, 0) is 42.7 Å². The third kappa shape index (κ3) is 2.85. The number of sulfonamides is 1. The van der Waals surface area contributed by atoms with Gasteiger partial charge in [0.1, 0.15) is 10.0 Å².